The molecule has 0 aliphatic carbocycles. The van der Waals surface area contributed by atoms with Gasteiger partial charge in [0.25, 0.3) is 5.91 Å². The second-order valence-corrected chi connectivity index (χ2v) is 6.74. The van der Waals surface area contributed by atoms with Crippen LogP contribution >= 0.6 is 11.6 Å². The average molecular weight is 431 g/mol. The van der Waals surface area contributed by atoms with Crippen LogP contribution in [0.2, 0.25) is 5.02 Å². The van der Waals surface area contributed by atoms with E-state index in [-0.39, 0.29) is 28.5 Å². The second kappa shape index (κ2) is 9.86. The number of hydrogen-bond acceptors (Lipinski definition) is 6. The molecule has 0 spiro atoms. The van der Waals surface area contributed by atoms with E-state index in [4.69, 9.17) is 16.3 Å². The van der Waals surface area contributed by atoms with Crippen LogP contribution in [-0.2, 0) is 14.3 Å². The number of benzene rings is 2. The van der Waals surface area contributed by atoms with Crippen LogP contribution in [0.25, 0.3) is 0 Å². The fourth-order valence-corrected chi connectivity index (χ4v) is 2.92. The smallest absolute Gasteiger partial charge is 0.329 e. The molecule has 1 heterocycles. The highest BCUT2D eigenvalue weighted by atomic mass is 35.5. The SMILES string of the molecule is O=C(NN=Cc1cc(Cl)ccc1O)C(=O)Nc1ccccc1C(=O)N1CCOCC1. The minimum Gasteiger partial charge on any atom is -0.507 e. The Morgan fingerprint density at radius 2 is 1.83 bits per heavy atom. The number of carbonyl (C=O) groups excluding carboxylic acids is 3. The van der Waals surface area contributed by atoms with Crippen molar-refractivity contribution < 1.29 is 24.2 Å². The summed E-state index contributed by atoms with van der Waals surface area (Å²) in [5.74, 6) is -2.38. The lowest BCUT2D eigenvalue weighted by Crippen LogP contribution is -2.41. The summed E-state index contributed by atoms with van der Waals surface area (Å²) >= 11 is 5.83. The van der Waals surface area contributed by atoms with E-state index in [0.717, 1.165) is 6.21 Å². The molecule has 1 fully saturated rings. The maximum absolute atomic E-state index is 12.7. The number of rotatable bonds is 4. The van der Waals surface area contributed by atoms with Crippen LogP contribution in [0.1, 0.15) is 15.9 Å². The first-order valence-electron chi connectivity index (χ1n) is 9.04. The molecular weight excluding hydrogens is 412 g/mol. The zero-order valence-electron chi connectivity index (χ0n) is 15.8. The number of nitrogens with one attached hydrogen (secondary N) is 2. The first-order chi connectivity index (χ1) is 14.5. The molecule has 0 unspecified atom stereocenters. The first kappa shape index (κ1) is 21.3. The summed E-state index contributed by atoms with van der Waals surface area (Å²) in [6.45, 7) is 1.80. The molecule has 0 saturated carbocycles. The van der Waals surface area contributed by atoms with Gasteiger partial charge in [-0.2, -0.15) is 5.10 Å². The molecule has 3 N–H and O–H groups in total. The van der Waals surface area contributed by atoms with E-state index in [1.807, 2.05) is 0 Å². The van der Waals surface area contributed by atoms with Crippen molar-refractivity contribution in [2.45, 2.75) is 0 Å². The number of nitrogens with zero attached hydrogens (tertiary/aromatic N) is 2. The summed E-state index contributed by atoms with van der Waals surface area (Å²) in [4.78, 5) is 38.6. The molecule has 30 heavy (non-hydrogen) atoms. The van der Waals surface area contributed by atoms with Crippen molar-refractivity contribution in [2.75, 3.05) is 31.6 Å². The molecule has 2 aromatic carbocycles. The maximum Gasteiger partial charge on any atom is 0.329 e. The zero-order chi connectivity index (χ0) is 21.5. The molecule has 0 atom stereocenters. The van der Waals surface area contributed by atoms with Gasteiger partial charge in [-0.1, -0.05) is 23.7 Å². The number of aromatic hydroxyl groups is 1. The molecule has 1 aliphatic heterocycles. The third kappa shape index (κ3) is 5.34. The average Bonchev–Trinajstić information content (AvgIpc) is 2.76. The molecule has 3 amide bonds. The number of phenols is 1. The predicted octanol–water partition coefficient (Wildman–Crippen LogP) is 1.61. The number of carbonyl (C=O) groups is 3. The van der Waals surface area contributed by atoms with E-state index in [1.54, 1.807) is 23.1 Å². The van der Waals surface area contributed by atoms with Crippen LogP contribution in [0.5, 0.6) is 5.75 Å². The fourth-order valence-electron chi connectivity index (χ4n) is 2.73. The van der Waals surface area contributed by atoms with Crippen molar-refractivity contribution in [3.05, 3.63) is 58.6 Å². The Morgan fingerprint density at radius 1 is 1.10 bits per heavy atom. The highest BCUT2D eigenvalue weighted by Gasteiger charge is 2.22. The lowest BCUT2D eigenvalue weighted by molar-refractivity contribution is -0.136. The number of hydrogen-bond donors (Lipinski definition) is 3. The Bertz CT molecular complexity index is 989. The number of phenolic OH excluding ortho intramolecular Hbond substituents is 1. The highest BCUT2D eigenvalue weighted by Crippen LogP contribution is 2.20. The van der Waals surface area contributed by atoms with E-state index in [1.165, 1.54) is 24.3 Å². The van der Waals surface area contributed by atoms with Crippen molar-refractivity contribution in [1.29, 1.82) is 0 Å². The third-order valence-corrected chi connectivity index (χ3v) is 4.50. The fraction of sp³-hybridized carbons (Fsp3) is 0.200. The Kier molecular flexibility index (Phi) is 6.99. The lowest BCUT2D eigenvalue weighted by Gasteiger charge is -2.27. The Balaban J connectivity index is 1.64. The van der Waals surface area contributed by atoms with Crippen molar-refractivity contribution in [2.24, 2.45) is 5.10 Å². The van der Waals surface area contributed by atoms with Gasteiger partial charge in [-0.15, -0.1) is 0 Å². The summed E-state index contributed by atoms with van der Waals surface area (Å²) < 4.78 is 5.24. The predicted molar refractivity (Wildman–Crippen MR) is 111 cm³/mol. The van der Waals surface area contributed by atoms with Crippen molar-refractivity contribution in [3.8, 4) is 5.75 Å². The normalized spacial score (nSPS) is 13.8. The van der Waals surface area contributed by atoms with Gasteiger partial charge in [0.2, 0.25) is 0 Å². The topological polar surface area (TPSA) is 120 Å². The monoisotopic (exact) mass is 430 g/mol. The number of halogens is 1. The van der Waals surface area contributed by atoms with Crippen molar-refractivity contribution in [3.63, 3.8) is 0 Å². The van der Waals surface area contributed by atoms with Gasteiger partial charge in [-0.05, 0) is 30.3 Å². The Morgan fingerprint density at radius 3 is 2.60 bits per heavy atom. The van der Waals surface area contributed by atoms with Crippen molar-refractivity contribution in [1.82, 2.24) is 10.3 Å². The van der Waals surface area contributed by atoms with E-state index >= 15 is 0 Å². The molecule has 0 radical (unpaired) electrons. The summed E-state index contributed by atoms with van der Waals surface area (Å²) in [5, 5.41) is 16.2. The van der Waals surface area contributed by atoms with Gasteiger partial charge in [0.05, 0.1) is 30.7 Å². The minimum atomic E-state index is -1.04. The van der Waals surface area contributed by atoms with Crippen LogP contribution in [0.3, 0.4) is 0 Å². The molecule has 0 bridgehead atoms. The lowest BCUT2D eigenvalue weighted by atomic mass is 10.1. The second-order valence-electron chi connectivity index (χ2n) is 6.31. The van der Waals surface area contributed by atoms with Gasteiger partial charge in [0.15, 0.2) is 0 Å². The van der Waals surface area contributed by atoms with Gasteiger partial charge < -0.3 is 20.1 Å². The number of amides is 3. The Labute approximate surface area is 177 Å². The molecule has 3 rings (SSSR count). The number of anilines is 1. The van der Waals surface area contributed by atoms with E-state index < -0.39 is 11.8 Å². The van der Waals surface area contributed by atoms with Crippen molar-refractivity contribution >= 4 is 41.2 Å². The first-order valence-corrected chi connectivity index (χ1v) is 9.42. The van der Waals surface area contributed by atoms with Gasteiger partial charge in [0, 0.05) is 23.7 Å². The molecule has 2 aromatic rings. The standard InChI is InChI=1S/C20H19ClN4O5/c21-14-5-6-17(26)13(11-14)12-22-24-19(28)18(27)23-16-4-2-1-3-15(16)20(29)25-7-9-30-10-8-25/h1-6,11-12,26H,7-10H2,(H,23,27)(H,24,28). The molecule has 9 nitrogen and oxygen atoms in total. The van der Waals surface area contributed by atoms with Gasteiger partial charge in [-0.3, -0.25) is 14.4 Å². The summed E-state index contributed by atoms with van der Waals surface area (Å²) in [7, 11) is 0. The van der Waals surface area contributed by atoms with E-state index in [2.05, 4.69) is 15.8 Å². The molecule has 1 aliphatic rings. The minimum absolute atomic E-state index is 0.0857. The Hall–Kier alpha value is -3.43. The number of para-hydroxylation sites is 1. The molecule has 0 aromatic heterocycles. The molecule has 1 saturated heterocycles. The maximum atomic E-state index is 12.7. The van der Waals surface area contributed by atoms with E-state index in [9.17, 15) is 19.5 Å². The zero-order valence-corrected chi connectivity index (χ0v) is 16.6. The largest absolute Gasteiger partial charge is 0.507 e. The van der Waals surface area contributed by atoms with Crippen LogP contribution in [-0.4, -0.2) is 60.2 Å². The number of ether oxygens (including phenoxy) is 1. The van der Waals surface area contributed by atoms with Gasteiger partial charge in [0.1, 0.15) is 5.75 Å². The summed E-state index contributed by atoms with van der Waals surface area (Å²) in [5.41, 5.74) is 2.82. The summed E-state index contributed by atoms with van der Waals surface area (Å²) in [6, 6.07) is 10.7. The highest BCUT2D eigenvalue weighted by molar-refractivity contribution is 6.40. The van der Waals surface area contributed by atoms with Gasteiger partial charge in [-0.25, -0.2) is 5.43 Å². The quantitative estimate of drug-likeness (QED) is 0.386. The number of hydrazone groups is 1. The summed E-state index contributed by atoms with van der Waals surface area (Å²) in [6.07, 6.45) is 1.16. The van der Waals surface area contributed by atoms with Crippen LogP contribution < -0.4 is 10.7 Å². The molecule has 156 valence electrons. The van der Waals surface area contributed by atoms with E-state index in [0.29, 0.717) is 31.3 Å². The van der Waals surface area contributed by atoms with Crippen LogP contribution in [0.4, 0.5) is 5.69 Å². The van der Waals surface area contributed by atoms with Gasteiger partial charge >= 0.3 is 11.8 Å². The third-order valence-electron chi connectivity index (χ3n) is 4.27. The number of morpholine rings is 1. The van der Waals surface area contributed by atoms with Crippen LogP contribution in [0.15, 0.2) is 47.6 Å². The molecular formula is C20H19ClN4O5. The van der Waals surface area contributed by atoms with Crippen LogP contribution in [0, 0.1) is 0 Å². The molecule has 10 heteroatoms.